The minimum absolute atomic E-state index is 0.723. The van der Waals surface area contributed by atoms with Gasteiger partial charge in [0.15, 0.2) is 0 Å². The Labute approximate surface area is 99.0 Å². The first-order valence-electron chi connectivity index (χ1n) is 6.23. The van der Waals surface area contributed by atoms with Crippen LogP contribution >= 0.6 is 0 Å². The Morgan fingerprint density at radius 1 is 1.19 bits per heavy atom. The lowest BCUT2D eigenvalue weighted by Crippen LogP contribution is -2.10. The van der Waals surface area contributed by atoms with Gasteiger partial charge in [-0.3, -0.25) is 0 Å². The second kappa shape index (κ2) is 7.15. The molecule has 0 aromatic heterocycles. The van der Waals surface area contributed by atoms with Crippen LogP contribution in [0.15, 0.2) is 24.3 Å². The molecule has 0 saturated heterocycles. The van der Waals surface area contributed by atoms with E-state index in [2.05, 4.69) is 31.3 Å². The van der Waals surface area contributed by atoms with Gasteiger partial charge >= 0.3 is 0 Å². The van der Waals surface area contributed by atoms with Crippen molar-refractivity contribution in [1.29, 1.82) is 0 Å². The summed E-state index contributed by atoms with van der Waals surface area (Å²) >= 11 is 0. The van der Waals surface area contributed by atoms with E-state index in [-0.39, 0.29) is 0 Å². The zero-order chi connectivity index (χ0) is 11.8. The fraction of sp³-hybridized carbons (Fsp3) is 0.571. The maximum absolute atomic E-state index is 5.40. The maximum Gasteiger partial charge on any atom is 0.119 e. The first kappa shape index (κ1) is 12.9. The van der Waals surface area contributed by atoms with Gasteiger partial charge in [0.2, 0.25) is 0 Å². The van der Waals surface area contributed by atoms with E-state index in [1.165, 1.54) is 18.5 Å². The van der Waals surface area contributed by atoms with Gasteiger partial charge in [0.25, 0.3) is 0 Å². The summed E-state index contributed by atoms with van der Waals surface area (Å²) < 4.78 is 5.40. The Morgan fingerprint density at radius 2 is 1.88 bits per heavy atom. The molecule has 0 radical (unpaired) electrons. The van der Waals surface area contributed by atoms with Gasteiger partial charge in [-0.25, -0.2) is 0 Å². The molecule has 1 unspecified atom stereocenters. The van der Waals surface area contributed by atoms with E-state index < -0.39 is 0 Å². The van der Waals surface area contributed by atoms with Crippen LogP contribution in [0.25, 0.3) is 0 Å². The molecule has 90 valence electrons. The third-order valence-electron chi connectivity index (χ3n) is 2.60. The van der Waals surface area contributed by atoms with Crippen molar-refractivity contribution >= 4 is 5.69 Å². The number of hydrogen-bond acceptors (Lipinski definition) is 2. The van der Waals surface area contributed by atoms with Gasteiger partial charge in [-0.2, -0.15) is 0 Å². The van der Waals surface area contributed by atoms with Crippen molar-refractivity contribution in [3.8, 4) is 5.75 Å². The van der Waals surface area contributed by atoms with Crippen molar-refractivity contribution < 1.29 is 4.74 Å². The molecule has 0 spiro atoms. The highest BCUT2D eigenvalue weighted by molar-refractivity contribution is 5.46. The standard InChI is InChI=1S/C14H23NO/c1-4-6-12(3)11-15-13-7-9-14(10-8-13)16-5-2/h7-10,12,15H,4-6,11H2,1-3H3. The predicted molar refractivity (Wildman–Crippen MR) is 70.2 cm³/mol. The lowest BCUT2D eigenvalue weighted by atomic mass is 10.1. The van der Waals surface area contributed by atoms with Crippen molar-refractivity contribution in [2.45, 2.75) is 33.6 Å². The number of benzene rings is 1. The largest absolute Gasteiger partial charge is 0.494 e. The molecule has 0 aliphatic rings. The highest BCUT2D eigenvalue weighted by Crippen LogP contribution is 2.16. The smallest absolute Gasteiger partial charge is 0.119 e. The van der Waals surface area contributed by atoms with Gasteiger partial charge < -0.3 is 10.1 Å². The Balaban J connectivity index is 2.37. The highest BCUT2D eigenvalue weighted by atomic mass is 16.5. The van der Waals surface area contributed by atoms with Gasteiger partial charge in [-0.05, 0) is 43.5 Å². The molecule has 2 heteroatoms. The topological polar surface area (TPSA) is 21.3 Å². The second-order valence-corrected chi connectivity index (χ2v) is 4.23. The van der Waals surface area contributed by atoms with Crippen LogP contribution in [0.5, 0.6) is 5.75 Å². The van der Waals surface area contributed by atoms with Gasteiger partial charge in [0.1, 0.15) is 5.75 Å². The van der Waals surface area contributed by atoms with Gasteiger partial charge in [0.05, 0.1) is 6.61 Å². The van der Waals surface area contributed by atoms with E-state index >= 15 is 0 Å². The molecular formula is C14H23NO. The highest BCUT2D eigenvalue weighted by Gasteiger charge is 2.00. The molecule has 0 saturated carbocycles. The molecule has 0 aliphatic heterocycles. The van der Waals surface area contributed by atoms with Crippen molar-refractivity contribution in [2.24, 2.45) is 5.92 Å². The minimum atomic E-state index is 0.723. The summed E-state index contributed by atoms with van der Waals surface area (Å²) in [6.07, 6.45) is 2.54. The molecule has 0 fully saturated rings. The fourth-order valence-electron chi connectivity index (χ4n) is 1.72. The molecule has 1 atom stereocenters. The Morgan fingerprint density at radius 3 is 2.44 bits per heavy atom. The van der Waals surface area contributed by atoms with E-state index in [0.29, 0.717) is 0 Å². The summed E-state index contributed by atoms with van der Waals surface area (Å²) in [5.41, 5.74) is 1.17. The van der Waals surface area contributed by atoms with Crippen LogP contribution < -0.4 is 10.1 Å². The third-order valence-corrected chi connectivity index (χ3v) is 2.60. The average Bonchev–Trinajstić information content (AvgIpc) is 2.29. The zero-order valence-electron chi connectivity index (χ0n) is 10.6. The quantitative estimate of drug-likeness (QED) is 0.753. The van der Waals surface area contributed by atoms with Crippen LogP contribution in [0.3, 0.4) is 0 Å². The van der Waals surface area contributed by atoms with Crippen molar-refractivity contribution in [1.82, 2.24) is 0 Å². The SMILES string of the molecule is CCCC(C)CNc1ccc(OCC)cc1. The first-order valence-corrected chi connectivity index (χ1v) is 6.23. The summed E-state index contributed by atoms with van der Waals surface area (Å²) in [5.74, 6) is 1.67. The average molecular weight is 221 g/mol. The molecule has 0 bridgehead atoms. The minimum Gasteiger partial charge on any atom is -0.494 e. The number of ether oxygens (including phenoxy) is 1. The molecule has 1 aromatic rings. The normalized spacial score (nSPS) is 12.2. The Kier molecular flexibility index (Phi) is 5.76. The number of nitrogens with one attached hydrogen (secondary N) is 1. The van der Waals surface area contributed by atoms with Crippen molar-refractivity contribution in [3.63, 3.8) is 0 Å². The monoisotopic (exact) mass is 221 g/mol. The first-order chi connectivity index (χ1) is 7.76. The lowest BCUT2D eigenvalue weighted by Gasteiger charge is -2.12. The van der Waals surface area contributed by atoms with Gasteiger partial charge in [0, 0.05) is 12.2 Å². The number of anilines is 1. The van der Waals surface area contributed by atoms with E-state index in [0.717, 1.165) is 24.8 Å². The molecule has 1 rings (SSSR count). The van der Waals surface area contributed by atoms with E-state index in [4.69, 9.17) is 4.74 Å². The second-order valence-electron chi connectivity index (χ2n) is 4.23. The molecule has 0 amide bonds. The predicted octanol–water partition coefficient (Wildman–Crippen LogP) is 3.93. The summed E-state index contributed by atoms with van der Waals surface area (Å²) in [6.45, 7) is 8.28. The Bertz CT molecular complexity index is 281. The van der Waals surface area contributed by atoms with Crippen LogP contribution in [-0.2, 0) is 0 Å². The molecule has 1 N–H and O–H groups in total. The summed E-state index contributed by atoms with van der Waals surface area (Å²) in [4.78, 5) is 0. The maximum atomic E-state index is 5.40. The van der Waals surface area contributed by atoms with Crippen LogP contribution in [-0.4, -0.2) is 13.2 Å². The van der Waals surface area contributed by atoms with Crippen LogP contribution in [0, 0.1) is 5.92 Å². The molecule has 1 aromatic carbocycles. The third kappa shape index (κ3) is 4.56. The van der Waals surface area contributed by atoms with Crippen LogP contribution in [0.4, 0.5) is 5.69 Å². The number of hydrogen-bond donors (Lipinski definition) is 1. The summed E-state index contributed by atoms with van der Waals surface area (Å²) in [5, 5.41) is 3.44. The van der Waals surface area contributed by atoms with Crippen LogP contribution in [0.1, 0.15) is 33.6 Å². The van der Waals surface area contributed by atoms with Gasteiger partial charge in [-0.15, -0.1) is 0 Å². The molecule has 16 heavy (non-hydrogen) atoms. The van der Waals surface area contributed by atoms with Crippen LogP contribution in [0.2, 0.25) is 0 Å². The summed E-state index contributed by atoms with van der Waals surface area (Å²) in [7, 11) is 0. The molecule has 0 aliphatic carbocycles. The molecule has 2 nitrogen and oxygen atoms in total. The lowest BCUT2D eigenvalue weighted by molar-refractivity contribution is 0.340. The Hall–Kier alpha value is -1.18. The molecular weight excluding hydrogens is 198 g/mol. The van der Waals surface area contributed by atoms with Gasteiger partial charge in [-0.1, -0.05) is 20.3 Å². The zero-order valence-corrected chi connectivity index (χ0v) is 10.6. The van der Waals surface area contributed by atoms with E-state index in [1.807, 2.05) is 19.1 Å². The van der Waals surface area contributed by atoms with Crippen molar-refractivity contribution in [3.05, 3.63) is 24.3 Å². The molecule has 0 heterocycles. The van der Waals surface area contributed by atoms with E-state index in [9.17, 15) is 0 Å². The van der Waals surface area contributed by atoms with Crippen molar-refractivity contribution in [2.75, 3.05) is 18.5 Å². The summed E-state index contributed by atoms with van der Waals surface area (Å²) in [6, 6.07) is 8.17. The number of rotatable bonds is 7. The van der Waals surface area contributed by atoms with E-state index in [1.54, 1.807) is 0 Å². The fourth-order valence-corrected chi connectivity index (χ4v) is 1.72.